The van der Waals surface area contributed by atoms with Gasteiger partial charge >= 0.3 is 6.18 Å². The van der Waals surface area contributed by atoms with Gasteiger partial charge in [0.25, 0.3) is 5.91 Å². The van der Waals surface area contributed by atoms with E-state index >= 15 is 0 Å². The van der Waals surface area contributed by atoms with Crippen LogP contribution in [0.15, 0.2) is 24.4 Å². The molecular weight excluding hydrogens is 295 g/mol. The number of halogens is 3. The Morgan fingerprint density at radius 1 is 1.27 bits per heavy atom. The zero-order valence-corrected chi connectivity index (χ0v) is 12.5. The van der Waals surface area contributed by atoms with Crippen molar-refractivity contribution in [2.75, 3.05) is 5.32 Å². The second-order valence-electron chi connectivity index (χ2n) is 5.16. The minimum atomic E-state index is -4.34. The van der Waals surface area contributed by atoms with Gasteiger partial charge in [-0.15, -0.1) is 0 Å². The second-order valence-corrected chi connectivity index (χ2v) is 5.16. The van der Waals surface area contributed by atoms with E-state index < -0.39 is 12.6 Å². The molecule has 0 atom stereocenters. The number of nitrogens with one attached hydrogen (secondary N) is 1. The third-order valence-corrected chi connectivity index (χ3v) is 3.45. The van der Waals surface area contributed by atoms with Crippen molar-refractivity contribution in [1.82, 2.24) is 9.55 Å². The summed E-state index contributed by atoms with van der Waals surface area (Å²) in [6.07, 6.45) is -4.25. The zero-order valence-electron chi connectivity index (χ0n) is 12.5. The van der Waals surface area contributed by atoms with Gasteiger partial charge in [-0.1, -0.05) is 6.07 Å². The number of amides is 1. The fraction of sp³-hybridized carbons (Fsp3) is 0.333. The van der Waals surface area contributed by atoms with E-state index in [1.54, 1.807) is 12.1 Å². The van der Waals surface area contributed by atoms with Gasteiger partial charge < -0.3 is 9.88 Å². The van der Waals surface area contributed by atoms with Gasteiger partial charge in [-0.3, -0.25) is 4.79 Å². The highest BCUT2D eigenvalue weighted by molar-refractivity contribution is 6.03. The first-order valence-electron chi connectivity index (χ1n) is 6.63. The van der Waals surface area contributed by atoms with Crippen molar-refractivity contribution >= 4 is 11.7 Å². The van der Waals surface area contributed by atoms with E-state index in [2.05, 4.69) is 10.3 Å². The lowest BCUT2D eigenvalue weighted by molar-refractivity contribution is -0.128. The van der Waals surface area contributed by atoms with Gasteiger partial charge in [0.1, 0.15) is 18.1 Å². The van der Waals surface area contributed by atoms with Crippen molar-refractivity contribution in [1.29, 1.82) is 0 Å². The molecule has 0 aliphatic rings. The lowest BCUT2D eigenvalue weighted by Gasteiger charge is -2.10. The Morgan fingerprint density at radius 3 is 2.55 bits per heavy atom. The first-order chi connectivity index (χ1) is 10.2. The highest BCUT2D eigenvalue weighted by Crippen LogP contribution is 2.22. The van der Waals surface area contributed by atoms with E-state index in [1.165, 1.54) is 17.8 Å². The quantitative estimate of drug-likeness (QED) is 0.944. The number of alkyl halides is 3. The van der Waals surface area contributed by atoms with E-state index in [4.69, 9.17) is 0 Å². The maximum atomic E-state index is 12.4. The normalized spacial score (nSPS) is 11.5. The smallest absolute Gasteiger partial charge is 0.318 e. The van der Waals surface area contributed by atoms with Crippen LogP contribution in [-0.4, -0.2) is 21.6 Å². The Bertz CT molecular complexity index is 705. The summed E-state index contributed by atoms with van der Waals surface area (Å²) in [4.78, 5) is 15.9. The summed E-state index contributed by atoms with van der Waals surface area (Å²) in [6.45, 7) is 3.82. The number of carbonyl (C=O) groups excluding carboxylic acids is 1. The number of benzene rings is 1. The van der Waals surface area contributed by atoms with Crippen molar-refractivity contribution in [3.63, 3.8) is 0 Å². The number of aryl methyl sites for hydroxylation is 2. The molecule has 118 valence electrons. The van der Waals surface area contributed by atoms with Crippen LogP contribution in [0.3, 0.4) is 0 Å². The summed E-state index contributed by atoms with van der Waals surface area (Å²) >= 11 is 0. The zero-order chi connectivity index (χ0) is 16.5. The minimum absolute atomic E-state index is 0.150. The maximum Gasteiger partial charge on any atom is 0.396 e. The topological polar surface area (TPSA) is 46.9 Å². The van der Waals surface area contributed by atoms with Crippen molar-refractivity contribution < 1.29 is 18.0 Å². The number of nitrogens with zero attached hydrogens (tertiary/aromatic N) is 2. The number of carbonyl (C=O) groups is 1. The van der Waals surface area contributed by atoms with Crippen LogP contribution in [0.1, 0.15) is 27.3 Å². The molecule has 2 rings (SSSR count). The van der Waals surface area contributed by atoms with Crippen molar-refractivity contribution in [3.05, 3.63) is 46.9 Å². The molecule has 0 unspecified atom stereocenters. The summed E-state index contributed by atoms with van der Waals surface area (Å²) < 4.78 is 38.4. The Balaban J connectivity index is 2.17. The summed E-state index contributed by atoms with van der Waals surface area (Å²) in [6, 6.07) is 5.23. The molecule has 2 aromatic rings. The molecule has 4 nitrogen and oxygen atoms in total. The molecular formula is C15H16F3N3O. The molecule has 1 amide bonds. The van der Waals surface area contributed by atoms with Gasteiger partial charge in [-0.2, -0.15) is 13.2 Å². The summed E-state index contributed by atoms with van der Waals surface area (Å²) in [7, 11) is 1.43. The molecule has 0 fully saturated rings. The molecule has 1 aromatic carbocycles. The molecule has 1 aromatic heterocycles. The molecule has 0 aliphatic carbocycles. The van der Waals surface area contributed by atoms with Crippen molar-refractivity contribution in [2.45, 2.75) is 26.4 Å². The van der Waals surface area contributed by atoms with Gasteiger partial charge in [0, 0.05) is 12.6 Å². The van der Waals surface area contributed by atoms with Crippen molar-refractivity contribution in [3.8, 4) is 0 Å². The Morgan fingerprint density at radius 2 is 1.95 bits per heavy atom. The van der Waals surface area contributed by atoms with Gasteiger partial charge in [-0.25, -0.2) is 4.98 Å². The molecule has 0 radical (unpaired) electrons. The molecule has 7 heteroatoms. The van der Waals surface area contributed by atoms with Gasteiger partial charge in [-0.05, 0) is 37.1 Å². The monoisotopic (exact) mass is 311 g/mol. The average Bonchev–Trinajstić information content (AvgIpc) is 2.73. The van der Waals surface area contributed by atoms with Crippen LogP contribution in [0.5, 0.6) is 0 Å². The summed E-state index contributed by atoms with van der Waals surface area (Å²) in [5.41, 5.74) is 2.47. The van der Waals surface area contributed by atoms with E-state index in [0.29, 0.717) is 5.56 Å². The molecule has 0 saturated heterocycles. The number of aromatic nitrogens is 2. The largest absolute Gasteiger partial charge is 0.396 e. The number of hydrogen-bond acceptors (Lipinski definition) is 2. The molecule has 22 heavy (non-hydrogen) atoms. The maximum absolute atomic E-state index is 12.4. The summed E-state index contributed by atoms with van der Waals surface area (Å²) in [5.74, 6) is -0.310. The SMILES string of the molecule is Cc1ccc(C(=O)Nc2cnc(CC(F)(F)F)n2C)cc1C. The Labute approximate surface area is 126 Å². The molecule has 0 saturated carbocycles. The fourth-order valence-electron chi connectivity index (χ4n) is 1.98. The lowest BCUT2D eigenvalue weighted by atomic mass is 10.1. The van der Waals surface area contributed by atoms with Gasteiger partial charge in [0.2, 0.25) is 0 Å². The van der Waals surface area contributed by atoms with E-state index in [9.17, 15) is 18.0 Å². The predicted molar refractivity (Wildman–Crippen MR) is 76.8 cm³/mol. The van der Waals surface area contributed by atoms with Crippen LogP contribution >= 0.6 is 0 Å². The van der Waals surface area contributed by atoms with Gasteiger partial charge in [0.05, 0.1) is 6.20 Å². The number of hydrogen-bond donors (Lipinski definition) is 1. The first kappa shape index (κ1) is 16.1. The number of rotatable bonds is 3. The van der Waals surface area contributed by atoms with Crippen LogP contribution in [0, 0.1) is 13.8 Å². The highest BCUT2D eigenvalue weighted by Gasteiger charge is 2.30. The van der Waals surface area contributed by atoms with Crippen LogP contribution in [0.4, 0.5) is 19.0 Å². The third-order valence-electron chi connectivity index (χ3n) is 3.45. The molecule has 1 N–H and O–H groups in total. The lowest BCUT2D eigenvalue weighted by Crippen LogP contribution is -2.18. The highest BCUT2D eigenvalue weighted by atomic mass is 19.4. The average molecular weight is 311 g/mol. The molecule has 0 bridgehead atoms. The number of anilines is 1. The van der Waals surface area contributed by atoms with E-state index in [0.717, 1.165) is 11.1 Å². The Hall–Kier alpha value is -2.31. The van der Waals surface area contributed by atoms with Gasteiger partial charge in [0.15, 0.2) is 0 Å². The third kappa shape index (κ3) is 3.66. The fourth-order valence-corrected chi connectivity index (χ4v) is 1.98. The summed E-state index contributed by atoms with van der Waals surface area (Å²) in [5, 5.41) is 2.57. The predicted octanol–water partition coefficient (Wildman–Crippen LogP) is 3.39. The number of imidazole rings is 1. The molecule has 1 heterocycles. The molecule has 0 spiro atoms. The van der Waals surface area contributed by atoms with Crippen LogP contribution < -0.4 is 5.32 Å². The molecule has 0 aliphatic heterocycles. The minimum Gasteiger partial charge on any atom is -0.318 e. The van der Waals surface area contributed by atoms with Crippen molar-refractivity contribution in [2.24, 2.45) is 7.05 Å². The van der Waals surface area contributed by atoms with Crippen LogP contribution in [0.2, 0.25) is 0 Å². The van der Waals surface area contributed by atoms with E-state index in [1.807, 2.05) is 19.9 Å². The Kier molecular flexibility index (Phi) is 4.25. The van der Waals surface area contributed by atoms with E-state index in [-0.39, 0.29) is 17.5 Å². The standard InChI is InChI=1S/C15H16F3N3O/c1-9-4-5-11(6-10(9)2)14(22)20-13-8-19-12(21(13)3)7-15(16,17)18/h4-6,8H,7H2,1-3H3,(H,20,22). The van der Waals surface area contributed by atoms with Crippen LogP contribution in [-0.2, 0) is 13.5 Å². The van der Waals surface area contributed by atoms with Crippen LogP contribution in [0.25, 0.3) is 0 Å². The first-order valence-corrected chi connectivity index (χ1v) is 6.63. The second kappa shape index (κ2) is 5.82.